The van der Waals surface area contributed by atoms with Crippen LogP contribution in [0.3, 0.4) is 0 Å². The molecule has 0 aromatic carbocycles. The molecule has 1 aliphatic carbocycles. The van der Waals surface area contributed by atoms with Gasteiger partial charge in [0.05, 0.1) is 6.61 Å². The second-order valence-corrected chi connectivity index (χ2v) is 5.96. The maximum absolute atomic E-state index is 5.20. The predicted molar refractivity (Wildman–Crippen MR) is 73.3 cm³/mol. The minimum Gasteiger partial charge on any atom is -0.383 e. The summed E-state index contributed by atoms with van der Waals surface area (Å²) in [4.78, 5) is 2.57. The molecular formula is C13H26BrNO. The number of ether oxygens (including phenoxy) is 1. The molecule has 0 aliphatic heterocycles. The van der Waals surface area contributed by atoms with Crippen LogP contribution in [0.25, 0.3) is 0 Å². The Balaban J connectivity index is 2.51. The summed E-state index contributed by atoms with van der Waals surface area (Å²) < 4.78 is 5.20. The average Bonchev–Trinajstić information content (AvgIpc) is 2.73. The summed E-state index contributed by atoms with van der Waals surface area (Å²) in [6, 6.07) is 0.617. The summed E-state index contributed by atoms with van der Waals surface area (Å²) in [5.74, 6) is 0. The van der Waals surface area contributed by atoms with Crippen molar-refractivity contribution in [1.82, 2.24) is 4.90 Å². The van der Waals surface area contributed by atoms with Gasteiger partial charge in [-0.3, -0.25) is 4.90 Å². The Kier molecular flexibility index (Phi) is 6.30. The highest BCUT2D eigenvalue weighted by Gasteiger charge is 2.34. The van der Waals surface area contributed by atoms with E-state index in [1.54, 1.807) is 7.11 Å². The number of alkyl halides is 1. The van der Waals surface area contributed by atoms with Crippen LogP contribution in [0.5, 0.6) is 0 Å². The van der Waals surface area contributed by atoms with Crippen molar-refractivity contribution in [2.24, 2.45) is 5.41 Å². The van der Waals surface area contributed by atoms with Crippen LogP contribution < -0.4 is 0 Å². The van der Waals surface area contributed by atoms with Crippen molar-refractivity contribution in [3.8, 4) is 0 Å². The van der Waals surface area contributed by atoms with Crippen molar-refractivity contribution in [3.63, 3.8) is 0 Å². The Bertz CT molecular complexity index is 190. The van der Waals surface area contributed by atoms with Gasteiger partial charge < -0.3 is 4.74 Å². The predicted octanol–water partition coefficient (Wildman–Crippen LogP) is 3.30. The van der Waals surface area contributed by atoms with Crippen LogP contribution in [0, 0.1) is 5.41 Å². The highest BCUT2D eigenvalue weighted by Crippen LogP contribution is 2.40. The number of hydrogen-bond donors (Lipinski definition) is 0. The van der Waals surface area contributed by atoms with E-state index in [0.717, 1.165) is 18.5 Å². The molecule has 1 saturated carbocycles. The van der Waals surface area contributed by atoms with Crippen molar-refractivity contribution in [1.29, 1.82) is 0 Å². The highest BCUT2D eigenvalue weighted by atomic mass is 79.9. The maximum Gasteiger partial charge on any atom is 0.0589 e. The number of methoxy groups -OCH3 is 1. The summed E-state index contributed by atoms with van der Waals surface area (Å²) in [5, 5.41) is 1.15. The third-order valence-corrected chi connectivity index (χ3v) is 4.99. The molecule has 0 radical (unpaired) electrons. The zero-order chi connectivity index (χ0) is 12.0. The van der Waals surface area contributed by atoms with E-state index in [-0.39, 0.29) is 0 Å². The quantitative estimate of drug-likeness (QED) is 0.668. The lowest BCUT2D eigenvalue weighted by atomic mass is 9.88. The normalized spacial score (nSPS) is 19.9. The van der Waals surface area contributed by atoms with Crippen LogP contribution in [0.1, 0.15) is 39.5 Å². The minimum atomic E-state index is 0.526. The first-order chi connectivity index (χ1) is 7.63. The fourth-order valence-electron chi connectivity index (χ4n) is 2.62. The Morgan fingerprint density at radius 2 is 1.94 bits per heavy atom. The lowest BCUT2D eigenvalue weighted by Crippen LogP contribution is -2.42. The lowest BCUT2D eigenvalue weighted by molar-refractivity contribution is 0.0945. The van der Waals surface area contributed by atoms with Crippen LogP contribution in [0.2, 0.25) is 0 Å². The van der Waals surface area contributed by atoms with Gasteiger partial charge in [-0.15, -0.1) is 0 Å². The molecule has 0 N–H and O–H groups in total. The summed E-state index contributed by atoms with van der Waals surface area (Å²) in [6.07, 6.45) is 5.58. The van der Waals surface area contributed by atoms with E-state index in [9.17, 15) is 0 Å². The number of rotatable bonds is 7. The first kappa shape index (κ1) is 14.5. The number of hydrogen-bond acceptors (Lipinski definition) is 2. The summed E-state index contributed by atoms with van der Waals surface area (Å²) in [6.45, 7) is 7.69. The Morgan fingerprint density at radius 3 is 2.38 bits per heavy atom. The maximum atomic E-state index is 5.20. The smallest absolute Gasteiger partial charge is 0.0589 e. The molecule has 16 heavy (non-hydrogen) atoms. The van der Waals surface area contributed by atoms with Crippen LogP contribution in [-0.4, -0.2) is 43.1 Å². The monoisotopic (exact) mass is 291 g/mol. The van der Waals surface area contributed by atoms with Crippen LogP contribution in [-0.2, 0) is 4.74 Å². The van der Waals surface area contributed by atoms with Crippen LogP contribution in [0.15, 0.2) is 0 Å². The van der Waals surface area contributed by atoms with Crippen molar-refractivity contribution >= 4 is 15.9 Å². The molecule has 1 aliphatic rings. The summed E-state index contributed by atoms with van der Waals surface area (Å²) in [7, 11) is 1.79. The van der Waals surface area contributed by atoms with Gasteiger partial charge >= 0.3 is 0 Å². The van der Waals surface area contributed by atoms with Crippen molar-refractivity contribution < 1.29 is 4.74 Å². The van der Waals surface area contributed by atoms with Gasteiger partial charge in [0, 0.05) is 31.6 Å². The second-order valence-electron chi connectivity index (χ2n) is 5.40. The molecule has 0 amide bonds. The Morgan fingerprint density at radius 1 is 1.31 bits per heavy atom. The fourth-order valence-corrected chi connectivity index (χ4v) is 3.36. The molecule has 96 valence electrons. The van der Waals surface area contributed by atoms with E-state index < -0.39 is 0 Å². The molecule has 0 bridgehead atoms. The van der Waals surface area contributed by atoms with Gasteiger partial charge in [0.25, 0.3) is 0 Å². The average molecular weight is 292 g/mol. The SMILES string of the molecule is COCCN(CC1(CBr)CCCC1)C(C)C. The third-order valence-electron chi connectivity index (χ3n) is 3.80. The van der Waals surface area contributed by atoms with Gasteiger partial charge in [-0.1, -0.05) is 28.8 Å². The molecule has 1 rings (SSSR count). The molecule has 0 spiro atoms. The highest BCUT2D eigenvalue weighted by molar-refractivity contribution is 9.09. The van der Waals surface area contributed by atoms with Gasteiger partial charge in [0.2, 0.25) is 0 Å². The van der Waals surface area contributed by atoms with Crippen LogP contribution in [0.4, 0.5) is 0 Å². The molecule has 0 saturated heterocycles. The summed E-state index contributed by atoms with van der Waals surface area (Å²) in [5.41, 5.74) is 0.526. The van der Waals surface area contributed by atoms with E-state index in [1.807, 2.05) is 0 Å². The van der Waals surface area contributed by atoms with Gasteiger partial charge in [-0.05, 0) is 32.1 Å². The van der Waals surface area contributed by atoms with E-state index >= 15 is 0 Å². The minimum absolute atomic E-state index is 0.526. The molecule has 0 aromatic rings. The molecule has 0 aromatic heterocycles. The van der Waals surface area contributed by atoms with Crippen LogP contribution >= 0.6 is 15.9 Å². The molecule has 1 fully saturated rings. The topological polar surface area (TPSA) is 12.5 Å². The molecule has 0 heterocycles. The molecule has 3 heteroatoms. The second kappa shape index (κ2) is 6.97. The molecule has 2 nitrogen and oxygen atoms in total. The number of halogens is 1. The lowest BCUT2D eigenvalue weighted by Gasteiger charge is -2.36. The molecule has 0 atom stereocenters. The number of nitrogens with zero attached hydrogens (tertiary/aromatic N) is 1. The Hall–Kier alpha value is 0.400. The van der Waals surface area contributed by atoms with Crippen molar-refractivity contribution in [2.45, 2.75) is 45.6 Å². The largest absolute Gasteiger partial charge is 0.383 e. The zero-order valence-corrected chi connectivity index (χ0v) is 12.6. The zero-order valence-electron chi connectivity index (χ0n) is 11.0. The summed E-state index contributed by atoms with van der Waals surface area (Å²) >= 11 is 3.72. The molecule has 0 unspecified atom stereocenters. The fraction of sp³-hybridized carbons (Fsp3) is 1.00. The van der Waals surface area contributed by atoms with E-state index in [0.29, 0.717) is 11.5 Å². The van der Waals surface area contributed by atoms with E-state index in [2.05, 4.69) is 34.7 Å². The van der Waals surface area contributed by atoms with Gasteiger partial charge in [-0.25, -0.2) is 0 Å². The van der Waals surface area contributed by atoms with Crippen molar-refractivity contribution in [3.05, 3.63) is 0 Å². The first-order valence-corrected chi connectivity index (χ1v) is 7.55. The third kappa shape index (κ3) is 4.01. The van der Waals surface area contributed by atoms with Gasteiger partial charge in [-0.2, -0.15) is 0 Å². The standard InChI is InChI=1S/C13H26BrNO/c1-12(2)15(8-9-16-3)11-13(10-14)6-4-5-7-13/h12H,4-11H2,1-3H3. The van der Waals surface area contributed by atoms with Gasteiger partial charge in [0.15, 0.2) is 0 Å². The first-order valence-electron chi connectivity index (χ1n) is 6.42. The van der Waals surface area contributed by atoms with Crippen molar-refractivity contribution in [2.75, 3.05) is 32.1 Å². The van der Waals surface area contributed by atoms with E-state index in [4.69, 9.17) is 4.74 Å². The Labute approximate surface area is 109 Å². The van der Waals surface area contributed by atoms with E-state index in [1.165, 1.54) is 32.2 Å². The van der Waals surface area contributed by atoms with Gasteiger partial charge in [0.1, 0.15) is 0 Å². The molecular weight excluding hydrogens is 266 g/mol.